The van der Waals surface area contributed by atoms with Crippen molar-refractivity contribution in [2.24, 2.45) is 0 Å². The van der Waals surface area contributed by atoms with Gasteiger partial charge in [0.15, 0.2) is 6.10 Å². The molecule has 0 bridgehead atoms. The Morgan fingerprint density at radius 3 is 2.71 bits per heavy atom. The minimum atomic E-state index is -2.87. The number of hydrogen-bond donors (Lipinski definition) is 2. The molecule has 1 aromatic heterocycles. The molecule has 8 nitrogen and oxygen atoms in total. The Morgan fingerprint density at radius 1 is 1.19 bits per heavy atom. The highest BCUT2D eigenvalue weighted by molar-refractivity contribution is 5.81. The normalized spacial score (nSPS) is 18.7. The van der Waals surface area contributed by atoms with Crippen LogP contribution in [0.25, 0.3) is 0 Å². The topological polar surface area (TPSA) is 94.6 Å². The number of rotatable bonds is 7. The molecule has 1 atom stereocenters. The van der Waals surface area contributed by atoms with Crippen LogP contribution in [0.15, 0.2) is 30.5 Å². The molecule has 1 saturated heterocycles. The van der Waals surface area contributed by atoms with Gasteiger partial charge in [-0.1, -0.05) is 12.1 Å². The molecule has 2 aliphatic heterocycles. The van der Waals surface area contributed by atoms with E-state index in [0.717, 1.165) is 24.0 Å². The summed E-state index contributed by atoms with van der Waals surface area (Å²) in [5, 5.41) is 6.11. The number of aromatic nitrogens is 2. The average Bonchev–Trinajstić information content (AvgIpc) is 2.78. The third-order valence-corrected chi connectivity index (χ3v) is 5.22. The molecular formula is C21H24F2N4O4. The molecule has 0 aliphatic carbocycles. The Morgan fingerprint density at radius 2 is 1.97 bits per heavy atom. The fraction of sp³-hybridized carbons (Fsp3) is 0.476. The molecule has 2 N–H and O–H groups in total. The fourth-order valence-corrected chi connectivity index (χ4v) is 3.52. The van der Waals surface area contributed by atoms with E-state index >= 15 is 0 Å². The molecule has 3 heterocycles. The molecule has 0 unspecified atom stereocenters. The summed E-state index contributed by atoms with van der Waals surface area (Å²) in [6.07, 6.45) is 4.03. The van der Waals surface area contributed by atoms with E-state index < -0.39 is 12.7 Å². The van der Waals surface area contributed by atoms with Gasteiger partial charge in [0.05, 0.1) is 0 Å². The maximum absolute atomic E-state index is 12.6. The van der Waals surface area contributed by atoms with E-state index in [1.165, 1.54) is 12.1 Å². The van der Waals surface area contributed by atoms with Crippen molar-refractivity contribution >= 4 is 11.9 Å². The second-order valence-corrected chi connectivity index (χ2v) is 7.44. The number of halogens is 2. The minimum absolute atomic E-state index is 0.0714. The van der Waals surface area contributed by atoms with Crippen LogP contribution in [0.2, 0.25) is 0 Å². The van der Waals surface area contributed by atoms with E-state index in [2.05, 4.69) is 25.3 Å². The summed E-state index contributed by atoms with van der Waals surface area (Å²) < 4.78 is 40.0. The maximum atomic E-state index is 12.6. The van der Waals surface area contributed by atoms with Gasteiger partial charge >= 0.3 is 6.61 Å². The van der Waals surface area contributed by atoms with Gasteiger partial charge < -0.3 is 24.8 Å². The number of fused-ring (bicyclic) bond motifs is 1. The van der Waals surface area contributed by atoms with Crippen LogP contribution >= 0.6 is 0 Å². The molecule has 1 amide bonds. The van der Waals surface area contributed by atoms with Crippen LogP contribution in [0.4, 0.5) is 14.7 Å². The molecule has 31 heavy (non-hydrogen) atoms. The van der Waals surface area contributed by atoms with Crippen LogP contribution in [0.5, 0.6) is 11.6 Å². The van der Waals surface area contributed by atoms with E-state index in [4.69, 9.17) is 9.47 Å². The number of anilines is 1. The van der Waals surface area contributed by atoms with Crippen molar-refractivity contribution in [3.8, 4) is 11.6 Å². The van der Waals surface area contributed by atoms with Crippen molar-refractivity contribution in [3.05, 3.63) is 41.6 Å². The lowest BCUT2D eigenvalue weighted by Gasteiger charge is -2.26. The van der Waals surface area contributed by atoms with Crippen LogP contribution in [-0.2, 0) is 22.5 Å². The number of hydrogen-bond acceptors (Lipinski definition) is 7. The molecule has 0 radical (unpaired) electrons. The summed E-state index contributed by atoms with van der Waals surface area (Å²) in [6, 6.07) is 6.37. The largest absolute Gasteiger partial charge is 0.464 e. The molecule has 1 aromatic carbocycles. The zero-order valence-electron chi connectivity index (χ0n) is 16.9. The Hall–Kier alpha value is -3.01. The second-order valence-electron chi connectivity index (χ2n) is 7.44. The van der Waals surface area contributed by atoms with Crippen LogP contribution in [0.1, 0.15) is 30.4 Å². The minimum Gasteiger partial charge on any atom is -0.464 e. The molecule has 10 heteroatoms. The summed E-state index contributed by atoms with van der Waals surface area (Å²) >= 11 is 0. The lowest BCUT2D eigenvalue weighted by Crippen LogP contribution is -2.40. The third kappa shape index (κ3) is 5.78. The monoisotopic (exact) mass is 434 g/mol. The van der Waals surface area contributed by atoms with Gasteiger partial charge in [-0.05, 0) is 43.4 Å². The van der Waals surface area contributed by atoms with Gasteiger partial charge in [-0.15, -0.1) is 0 Å². The summed E-state index contributed by atoms with van der Waals surface area (Å²) in [4.78, 5) is 21.4. The number of carbonyl (C=O) groups is 1. The number of nitrogens with one attached hydrogen (secondary N) is 2. The average molecular weight is 434 g/mol. The van der Waals surface area contributed by atoms with Crippen LogP contribution < -0.4 is 20.1 Å². The molecule has 1 fully saturated rings. The summed E-state index contributed by atoms with van der Waals surface area (Å²) in [5.41, 5.74) is 1.63. The molecule has 4 rings (SSSR count). The van der Waals surface area contributed by atoms with E-state index in [1.54, 1.807) is 18.3 Å². The fourth-order valence-electron chi connectivity index (χ4n) is 3.52. The SMILES string of the molecule is O=C(NCc1ccc(OC(F)F)cc1)[C@H]1CCc2cnc(NC3CCOCC3)nc2O1. The van der Waals surface area contributed by atoms with Crippen molar-refractivity contribution in [1.29, 1.82) is 0 Å². The zero-order valence-corrected chi connectivity index (χ0v) is 16.9. The molecule has 0 spiro atoms. The number of amides is 1. The Labute approximate surface area is 178 Å². The Kier molecular flexibility index (Phi) is 6.76. The van der Waals surface area contributed by atoms with Gasteiger partial charge in [0.25, 0.3) is 5.91 Å². The van der Waals surface area contributed by atoms with E-state index in [9.17, 15) is 13.6 Å². The first kappa shape index (κ1) is 21.2. The van der Waals surface area contributed by atoms with Crippen molar-refractivity contribution in [2.45, 2.75) is 51.0 Å². The predicted molar refractivity (Wildman–Crippen MR) is 107 cm³/mol. The third-order valence-electron chi connectivity index (χ3n) is 5.22. The summed E-state index contributed by atoms with van der Waals surface area (Å²) in [7, 11) is 0. The number of ether oxygens (including phenoxy) is 3. The summed E-state index contributed by atoms with van der Waals surface area (Å²) in [6.45, 7) is -1.19. The maximum Gasteiger partial charge on any atom is 0.387 e. The van der Waals surface area contributed by atoms with Crippen molar-refractivity contribution in [1.82, 2.24) is 15.3 Å². The Bertz CT molecular complexity index is 891. The molecule has 166 valence electrons. The van der Waals surface area contributed by atoms with Crippen LogP contribution in [0.3, 0.4) is 0 Å². The first-order valence-electron chi connectivity index (χ1n) is 10.2. The van der Waals surface area contributed by atoms with Gasteiger partial charge in [0.1, 0.15) is 5.75 Å². The standard InChI is InChI=1S/C21H24F2N4O4/c22-20(23)30-16-4-1-13(2-5-16)11-24-18(28)17-6-3-14-12-25-21(27-19(14)31-17)26-15-7-9-29-10-8-15/h1-2,4-5,12,15,17,20H,3,6-11H2,(H,24,28)(H,25,26,27)/t17-/m1/s1. The highest BCUT2D eigenvalue weighted by Crippen LogP contribution is 2.26. The first-order valence-corrected chi connectivity index (χ1v) is 10.2. The number of aryl methyl sites for hydroxylation is 1. The van der Waals surface area contributed by atoms with Crippen molar-refractivity contribution < 1.29 is 27.8 Å². The van der Waals surface area contributed by atoms with Gasteiger partial charge in [-0.3, -0.25) is 4.79 Å². The summed E-state index contributed by atoms with van der Waals surface area (Å²) in [5.74, 6) is 0.723. The number of nitrogens with zero attached hydrogens (tertiary/aromatic N) is 2. The van der Waals surface area contributed by atoms with Gasteiger partial charge in [0, 0.05) is 37.6 Å². The lowest BCUT2D eigenvalue weighted by molar-refractivity contribution is -0.129. The number of benzene rings is 1. The van der Waals surface area contributed by atoms with Gasteiger partial charge in [-0.25, -0.2) is 4.98 Å². The molecule has 2 aliphatic rings. The number of carbonyl (C=O) groups excluding carboxylic acids is 1. The highest BCUT2D eigenvalue weighted by atomic mass is 19.3. The van der Waals surface area contributed by atoms with E-state index in [-0.39, 0.29) is 24.2 Å². The lowest BCUT2D eigenvalue weighted by atomic mass is 10.1. The van der Waals surface area contributed by atoms with Gasteiger partial charge in [0.2, 0.25) is 11.8 Å². The first-order chi connectivity index (χ1) is 15.1. The molecular weight excluding hydrogens is 410 g/mol. The smallest absolute Gasteiger partial charge is 0.387 e. The van der Waals surface area contributed by atoms with Crippen LogP contribution in [0, 0.1) is 0 Å². The number of alkyl halides is 2. The zero-order chi connectivity index (χ0) is 21.6. The van der Waals surface area contributed by atoms with Crippen molar-refractivity contribution in [2.75, 3.05) is 18.5 Å². The predicted octanol–water partition coefficient (Wildman–Crippen LogP) is 2.68. The van der Waals surface area contributed by atoms with E-state index in [0.29, 0.717) is 37.9 Å². The van der Waals surface area contributed by atoms with Gasteiger partial charge in [-0.2, -0.15) is 13.8 Å². The Balaban J connectivity index is 1.31. The van der Waals surface area contributed by atoms with Crippen LogP contribution in [-0.4, -0.2) is 47.8 Å². The molecule has 0 saturated carbocycles. The molecule has 2 aromatic rings. The van der Waals surface area contributed by atoms with E-state index in [1.807, 2.05) is 0 Å². The second kappa shape index (κ2) is 9.86. The quantitative estimate of drug-likeness (QED) is 0.692. The highest BCUT2D eigenvalue weighted by Gasteiger charge is 2.28. The van der Waals surface area contributed by atoms with Crippen molar-refractivity contribution in [3.63, 3.8) is 0 Å².